The van der Waals surface area contributed by atoms with Crippen LogP contribution in [0.15, 0.2) is 18.2 Å². The van der Waals surface area contributed by atoms with E-state index in [1.54, 1.807) is 13.0 Å². The highest BCUT2D eigenvalue weighted by Gasteiger charge is 2.51. The lowest BCUT2D eigenvalue weighted by Crippen LogP contribution is -2.37. The average molecular weight is 274 g/mol. The standard InChI is InChI=1S/C15H15FN2O2/c1-9(2)15(3)7-13(19)18(14(15)20)12-6-4-5-11(16)10(12)8-17/h4-6,9H,7H2,1-3H3. The van der Waals surface area contributed by atoms with Crippen LogP contribution < -0.4 is 4.90 Å². The number of rotatable bonds is 2. The van der Waals surface area contributed by atoms with E-state index in [0.717, 1.165) is 11.0 Å². The quantitative estimate of drug-likeness (QED) is 0.779. The van der Waals surface area contributed by atoms with E-state index in [-0.39, 0.29) is 29.5 Å². The fraction of sp³-hybridized carbons (Fsp3) is 0.400. The molecule has 1 heterocycles. The molecular formula is C15H15FN2O2. The molecular weight excluding hydrogens is 259 g/mol. The maximum atomic E-state index is 13.6. The normalized spacial score (nSPS) is 22.5. The Morgan fingerprint density at radius 3 is 2.55 bits per heavy atom. The number of nitrogens with zero attached hydrogens (tertiary/aromatic N) is 2. The number of amides is 2. The Morgan fingerprint density at radius 1 is 1.40 bits per heavy atom. The number of anilines is 1. The van der Waals surface area contributed by atoms with Gasteiger partial charge in [0.2, 0.25) is 11.8 Å². The molecule has 1 unspecified atom stereocenters. The van der Waals surface area contributed by atoms with Gasteiger partial charge in [-0.3, -0.25) is 9.59 Å². The molecule has 0 bridgehead atoms. The van der Waals surface area contributed by atoms with Gasteiger partial charge in [0.25, 0.3) is 0 Å². The Balaban J connectivity index is 2.56. The maximum absolute atomic E-state index is 13.6. The molecule has 104 valence electrons. The molecule has 0 aliphatic carbocycles. The Kier molecular flexibility index (Phi) is 3.34. The Hall–Kier alpha value is -2.22. The molecule has 0 N–H and O–H groups in total. The van der Waals surface area contributed by atoms with Crippen molar-refractivity contribution in [2.75, 3.05) is 4.90 Å². The summed E-state index contributed by atoms with van der Waals surface area (Å²) in [5, 5.41) is 9.03. The summed E-state index contributed by atoms with van der Waals surface area (Å²) in [7, 11) is 0. The molecule has 0 radical (unpaired) electrons. The predicted octanol–water partition coefficient (Wildman–Crippen LogP) is 2.62. The van der Waals surface area contributed by atoms with E-state index in [4.69, 9.17) is 5.26 Å². The summed E-state index contributed by atoms with van der Waals surface area (Å²) in [5.74, 6) is -1.53. The predicted molar refractivity (Wildman–Crippen MR) is 71.2 cm³/mol. The van der Waals surface area contributed by atoms with Crippen LogP contribution in [0.25, 0.3) is 0 Å². The zero-order valence-corrected chi connectivity index (χ0v) is 11.6. The van der Waals surface area contributed by atoms with Crippen LogP contribution >= 0.6 is 0 Å². The first kappa shape index (κ1) is 14.2. The minimum absolute atomic E-state index is 0.0250. The van der Waals surface area contributed by atoms with E-state index >= 15 is 0 Å². The van der Waals surface area contributed by atoms with E-state index < -0.39 is 17.1 Å². The van der Waals surface area contributed by atoms with Crippen LogP contribution in [0, 0.1) is 28.5 Å². The molecule has 0 saturated carbocycles. The molecule has 2 rings (SSSR count). The lowest BCUT2D eigenvalue weighted by molar-refractivity contribution is -0.126. The fourth-order valence-corrected chi connectivity index (χ4v) is 2.34. The van der Waals surface area contributed by atoms with Gasteiger partial charge in [0.15, 0.2) is 0 Å². The molecule has 1 aliphatic heterocycles. The van der Waals surface area contributed by atoms with Crippen molar-refractivity contribution in [2.24, 2.45) is 11.3 Å². The summed E-state index contributed by atoms with van der Waals surface area (Å²) in [5.41, 5.74) is -1.05. The molecule has 1 atom stereocenters. The van der Waals surface area contributed by atoms with Gasteiger partial charge in [0, 0.05) is 6.42 Å². The van der Waals surface area contributed by atoms with Crippen molar-refractivity contribution in [3.63, 3.8) is 0 Å². The van der Waals surface area contributed by atoms with Gasteiger partial charge in [0.1, 0.15) is 17.4 Å². The zero-order chi connectivity index (χ0) is 15.1. The van der Waals surface area contributed by atoms with Crippen LogP contribution in [0.1, 0.15) is 32.8 Å². The van der Waals surface area contributed by atoms with Crippen LogP contribution in [0.3, 0.4) is 0 Å². The van der Waals surface area contributed by atoms with Gasteiger partial charge in [-0.05, 0) is 25.0 Å². The number of carbonyl (C=O) groups is 2. The van der Waals surface area contributed by atoms with Crippen LogP contribution in [0.2, 0.25) is 0 Å². The Labute approximate surface area is 116 Å². The molecule has 20 heavy (non-hydrogen) atoms. The van der Waals surface area contributed by atoms with Crippen LogP contribution in [0.4, 0.5) is 10.1 Å². The minimum Gasteiger partial charge on any atom is -0.274 e. The number of hydrogen-bond acceptors (Lipinski definition) is 3. The first-order chi connectivity index (χ1) is 9.32. The third-order valence-corrected chi connectivity index (χ3v) is 4.08. The van der Waals surface area contributed by atoms with E-state index in [0.29, 0.717) is 0 Å². The van der Waals surface area contributed by atoms with Gasteiger partial charge in [0.05, 0.1) is 11.1 Å². The van der Waals surface area contributed by atoms with E-state index in [1.165, 1.54) is 12.1 Å². The molecule has 0 spiro atoms. The number of carbonyl (C=O) groups excluding carboxylic acids is 2. The van der Waals surface area contributed by atoms with Crippen molar-refractivity contribution in [2.45, 2.75) is 27.2 Å². The van der Waals surface area contributed by atoms with Gasteiger partial charge in [-0.2, -0.15) is 5.26 Å². The van der Waals surface area contributed by atoms with Crippen molar-refractivity contribution < 1.29 is 14.0 Å². The largest absolute Gasteiger partial charge is 0.274 e. The summed E-state index contributed by atoms with van der Waals surface area (Å²) >= 11 is 0. The van der Waals surface area contributed by atoms with Crippen LogP contribution in [-0.2, 0) is 9.59 Å². The molecule has 0 aromatic heterocycles. The second kappa shape index (κ2) is 4.71. The highest BCUT2D eigenvalue weighted by molar-refractivity contribution is 6.23. The monoisotopic (exact) mass is 274 g/mol. The van der Waals surface area contributed by atoms with E-state index in [1.807, 2.05) is 13.8 Å². The van der Waals surface area contributed by atoms with Crippen LogP contribution in [0.5, 0.6) is 0 Å². The Bertz CT molecular complexity index is 633. The maximum Gasteiger partial charge on any atom is 0.240 e. The number of benzene rings is 1. The highest BCUT2D eigenvalue weighted by Crippen LogP contribution is 2.42. The van der Waals surface area contributed by atoms with Gasteiger partial charge in [-0.1, -0.05) is 19.9 Å². The van der Waals surface area contributed by atoms with Gasteiger partial charge < -0.3 is 0 Å². The SMILES string of the molecule is CC(C)C1(C)CC(=O)N(c2cccc(F)c2C#N)C1=O. The van der Waals surface area contributed by atoms with Crippen molar-refractivity contribution >= 4 is 17.5 Å². The first-order valence-electron chi connectivity index (χ1n) is 6.39. The third-order valence-electron chi connectivity index (χ3n) is 4.08. The van der Waals surface area contributed by atoms with E-state index in [2.05, 4.69) is 0 Å². The second-order valence-electron chi connectivity index (χ2n) is 5.53. The lowest BCUT2D eigenvalue weighted by atomic mass is 9.78. The smallest absolute Gasteiger partial charge is 0.240 e. The topological polar surface area (TPSA) is 61.2 Å². The summed E-state index contributed by atoms with van der Waals surface area (Å²) in [6.07, 6.45) is 0.0743. The molecule has 5 heteroatoms. The molecule has 1 fully saturated rings. The number of imide groups is 1. The lowest BCUT2D eigenvalue weighted by Gasteiger charge is -2.26. The summed E-state index contributed by atoms with van der Waals surface area (Å²) in [6, 6.07) is 5.66. The number of halogens is 1. The first-order valence-corrected chi connectivity index (χ1v) is 6.39. The average Bonchev–Trinajstić information content (AvgIpc) is 2.61. The minimum atomic E-state index is -0.809. The third kappa shape index (κ3) is 1.88. The summed E-state index contributed by atoms with van der Waals surface area (Å²) in [6.45, 7) is 5.46. The second-order valence-corrected chi connectivity index (χ2v) is 5.53. The van der Waals surface area contributed by atoms with Crippen molar-refractivity contribution in [3.8, 4) is 6.07 Å². The molecule has 1 aromatic rings. The number of nitriles is 1. The molecule has 4 nitrogen and oxygen atoms in total. The molecule has 1 saturated heterocycles. The van der Waals surface area contributed by atoms with Gasteiger partial charge >= 0.3 is 0 Å². The van der Waals surface area contributed by atoms with Gasteiger partial charge in [-0.25, -0.2) is 9.29 Å². The van der Waals surface area contributed by atoms with Gasteiger partial charge in [-0.15, -0.1) is 0 Å². The van der Waals surface area contributed by atoms with Crippen molar-refractivity contribution in [3.05, 3.63) is 29.6 Å². The highest BCUT2D eigenvalue weighted by atomic mass is 19.1. The fourth-order valence-electron chi connectivity index (χ4n) is 2.34. The van der Waals surface area contributed by atoms with Crippen molar-refractivity contribution in [1.29, 1.82) is 5.26 Å². The van der Waals surface area contributed by atoms with E-state index in [9.17, 15) is 14.0 Å². The van der Waals surface area contributed by atoms with Crippen molar-refractivity contribution in [1.82, 2.24) is 0 Å². The molecule has 1 aliphatic rings. The van der Waals surface area contributed by atoms with Crippen LogP contribution in [-0.4, -0.2) is 11.8 Å². The molecule has 1 aromatic carbocycles. The summed E-state index contributed by atoms with van der Waals surface area (Å²) < 4.78 is 13.6. The number of hydrogen-bond donors (Lipinski definition) is 0. The summed E-state index contributed by atoms with van der Waals surface area (Å²) in [4.78, 5) is 25.6. The molecule has 2 amide bonds. The Morgan fingerprint density at radius 2 is 2.05 bits per heavy atom. The zero-order valence-electron chi connectivity index (χ0n) is 11.6.